The zero-order chi connectivity index (χ0) is 16.8. The number of hydrogen-bond donors (Lipinski definition) is 2. The van der Waals surface area contributed by atoms with Crippen molar-refractivity contribution in [1.29, 1.82) is 0 Å². The SMILES string of the molecule is Cc1ccccc1N1CNc2cc(Cl)c(S(N)(=O)=O)cc2C1=O. The molecule has 0 radical (unpaired) electrons. The first-order chi connectivity index (χ1) is 10.8. The molecule has 3 rings (SSSR count). The van der Waals surface area contributed by atoms with Gasteiger partial charge in [-0.05, 0) is 30.7 Å². The van der Waals surface area contributed by atoms with Crippen LogP contribution in [0.5, 0.6) is 0 Å². The quantitative estimate of drug-likeness (QED) is 0.868. The fourth-order valence-electron chi connectivity index (χ4n) is 2.54. The van der Waals surface area contributed by atoms with Gasteiger partial charge in [-0.25, -0.2) is 13.6 Å². The molecule has 8 heteroatoms. The lowest BCUT2D eigenvalue weighted by Gasteiger charge is -2.31. The molecule has 1 heterocycles. The molecule has 1 amide bonds. The highest BCUT2D eigenvalue weighted by Crippen LogP contribution is 2.33. The number of aryl methyl sites for hydroxylation is 1. The molecule has 23 heavy (non-hydrogen) atoms. The van der Waals surface area contributed by atoms with Crippen molar-refractivity contribution >= 4 is 38.9 Å². The Balaban J connectivity index is 2.11. The van der Waals surface area contributed by atoms with E-state index in [1.807, 2.05) is 31.2 Å². The van der Waals surface area contributed by atoms with Crippen molar-refractivity contribution in [2.75, 3.05) is 16.9 Å². The maximum Gasteiger partial charge on any atom is 0.261 e. The van der Waals surface area contributed by atoms with Gasteiger partial charge in [0.25, 0.3) is 5.91 Å². The molecule has 0 saturated heterocycles. The Morgan fingerprint density at radius 3 is 2.61 bits per heavy atom. The predicted molar refractivity (Wildman–Crippen MR) is 89.3 cm³/mol. The van der Waals surface area contributed by atoms with Gasteiger partial charge in [0.05, 0.1) is 17.3 Å². The summed E-state index contributed by atoms with van der Waals surface area (Å²) in [5, 5.41) is 8.20. The number of sulfonamides is 1. The molecule has 0 spiro atoms. The van der Waals surface area contributed by atoms with E-state index >= 15 is 0 Å². The topological polar surface area (TPSA) is 92.5 Å². The van der Waals surface area contributed by atoms with Crippen LogP contribution in [0.15, 0.2) is 41.3 Å². The second kappa shape index (κ2) is 5.52. The van der Waals surface area contributed by atoms with Crippen LogP contribution in [0.2, 0.25) is 5.02 Å². The molecule has 2 aromatic rings. The fraction of sp³-hybridized carbons (Fsp3) is 0.133. The third-order valence-corrected chi connectivity index (χ3v) is 5.06. The number of hydrogen-bond acceptors (Lipinski definition) is 4. The van der Waals surface area contributed by atoms with E-state index in [9.17, 15) is 13.2 Å². The molecule has 0 fully saturated rings. The van der Waals surface area contributed by atoms with Gasteiger partial charge in [-0.15, -0.1) is 0 Å². The molecule has 1 aliphatic rings. The zero-order valence-electron chi connectivity index (χ0n) is 12.2. The van der Waals surface area contributed by atoms with E-state index in [0.717, 1.165) is 11.3 Å². The van der Waals surface area contributed by atoms with Gasteiger partial charge in [0.1, 0.15) is 4.90 Å². The van der Waals surface area contributed by atoms with E-state index in [1.54, 1.807) is 4.90 Å². The summed E-state index contributed by atoms with van der Waals surface area (Å²) in [5.74, 6) is -0.311. The largest absolute Gasteiger partial charge is 0.367 e. The number of halogens is 1. The number of nitrogens with one attached hydrogen (secondary N) is 1. The molecule has 0 unspecified atom stereocenters. The predicted octanol–water partition coefficient (Wildman–Crippen LogP) is 2.33. The van der Waals surface area contributed by atoms with E-state index in [2.05, 4.69) is 5.32 Å². The highest BCUT2D eigenvalue weighted by atomic mass is 35.5. The number of rotatable bonds is 2. The van der Waals surface area contributed by atoms with E-state index < -0.39 is 10.0 Å². The molecule has 3 N–H and O–H groups in total. The average molecular weight is 352 g/mol. The minimum absolute atomic E-state index is 0.0177. The first kappa shape index (κ1) is 15.8. The lowest BCUT2D eigenvalue weighted by molar-refractivity contribution is 0.0985. The molecule has 0 saturated carbocycles. The van der Waals surface area contributed by atoms with Gasteiger partial charge in [0, 0.05) is 11.4 Å². The number of anilines is 2. The van der Waals surface area contributed by atoms with E-state index in [4.69, 9.17) is 16.7 Å². The number of fused-ring (bicyclic) bond motifs is 1. The Bertz CT molecular complexity index is 912. The van der Waals surface area contributed by atoms with Crippen molar-refractivity contribution < 1.29 is 13.2 Å². The summed E-state index contributed by atoms with van der Waals surface area (Å²) in [7, 11) is -4.01. The number of carbonyl (C=O) groups excluding carboxylic acids is 1. The van der Waals surface area contributed by atoms with Crippen LogP contribution in [0.25, 0.3) is 0 Å². The second-order valence-electron chi connectivity index (χ2n) is 5.23. The van der Waals surface area contributed by atoms with E-state index in [-0.39, 0.29) is 28.1 Å². The lowest BCUT2D eigenvalue weighted by Crippen LogP contribution is -2.40. The summed E-state index contributed by atoms with van der Waals surface area (Å²) in [6.07, 6.45) is 0. The second-order valence-corrected chi connectivity index (χ2v) is 7.16. The Morgan fingerprint density at radius 1 is 1.26 bits per heavy atom. The standard InChI is InChI=1S/C15H14ClN3O3S/c1-9-4-2-3-5-13(9)19-8-18-12-7-11(16)14(23(17,21)22)6-10(12)15(19)20/h2-7,18H,8H2,1H3,(H2,17,21,22). The summed E-state index contributed by atoms with van der Waals surface area (Å²) in [4.78, 5) is 14.0. The van der Waals surface area contributed by atoms with Crippen LogP contribution in [0, 0.1) is 6.92 Å². The fourth-order valence-corrected chi connectivity index (χ4v) is 3.64. The molecule has 2 aromatic carbocycles. The van der Waals surface area contributed by atoms with Crippen molar-refractivity contribution in [1.82, 2.24) is 0 Å². The van der Waals surface area contributed by atoms with E-state index in [0.29, 0.717) is 5.69 Å². The lowest BCUT2D eigenvalue weighted by atomic mass is 10.1. The molecule has 0 atom stereocenters. The molecule has 0 aliphatic carbocycles. The number of nitrogens with two attached hydrogens (primary N) is 1. The number of nitrogens with zero attached hydrogens (tertiary/aromatic N) is 1. The van der Waals surface area contributed by atoms with Crippen LogP contribution in [0.3, 0.4) is 0 Å². The average Bonchev–Trinajstić information content (AvgIpc) is 2.47. The molecule has 0 aromatic heterocycles. The highest BCUT2D eigenvalue weighted by molar-refractivity contribution is 7.89. The molecular formula is C15H14ClN3O3S. The summed E-state index contributed by atoms with van der Waals surface area (Å²) in [6.45, 7) is 2.16. The molecule has 0 bridgehead atoms. The first-order valence-electron chi connectivity index (χ1n) is 6.77. The monoisotopic (exact) mass is 351 g/mol. The van der Waals surface area contributed by atoms with Crippen LogP contribution < -0.4 is 15.4 Å². The third-order valence-electron chi connectivity index (χ3n) is 3.69. The van der Waals surface area contributed by atoms with Crippen LogP contribution >= 0.6 is 11.6 Å². The van der Waals surface area contributed by atoms with Crippen molar-refractivity contribution in [3.63, 3.8) is 0 Å². The minimum atomic E-state index is -4.01. The molecular weight excluding hydrogens is 338 g/mol. The number of primary sulfonamides is 1. The summed E-state index contributed by atoms with van der Waals surface area (Å²) >= 11 is 5.95. The normalized spacial score (nSPS) is 14.4. The number of para-hydroxylation sites is 1. The van der Waals surface area contributed by atoms with Gasteiger partial charge in [-0.2, -0.15) is 0 Å². The molecule has 120 valence electrons. The zero-order valence-corrected chi connectivity index (χ0v) is 13.8. The van der Waals surface area contributed by atoms with Gasteiger partial charge >= 0.3 is 0 Å². The van der Waals surface area contributed by atoms with Crippen LogP contribution in [0.1, 0.15) is 15.9 Å². The summed E-state index contributed by atoms with van der Waals surface area (Å²) < 4.78 is 23.2. The van der Waals surface area contributed by atoms with Crippen LogP contribution in [-0.2, 0) is 10.0 Å². The van der Waals surface area contributed by atoms with Crippen LogP contribution in [0.4, 0.5) is 11.4 Å². The van der Waals surface area contributed by atoms with Gasteiger partial charge in [0.2, 0.25) is 10.0 Å². The number of carbonyl (C=O) groups is 1. The Labute approximate surface area is 138 Å². The Kier molecular flexibility index (Phi) is 3.79. The van der Waals surface area contributed by atoms with Crippen molar-refractivity contribution in [3.05, 3.63) is 52.5 Å². The first-order valence-corrected chi connectivity index (χ1v) is 8.69. The van der Waals surface area contributed by atoms with E-state index in [1.165, 1.54) is 12.1 Å². The molecule has 1 aliphatic heterocycles. The van der Waals surface area contributed by atoms with Gasteiger partial charge in [-0.3, -0.25) is 9.69 Å². The third kappa shape index (κ3) is 2.78. The minimum Gasteiger partial charge on any atom is -0.367 e. The Morgan fingerprint density at radius 2 is 1.96 bits per heavy atom. The summed E-state index contributed by atoms with van der Waals surface area (Å²) in [6, 6.07) is 10.1. The summed E-state index contributed by atoms with van der Waals surface area (Å²) in [5.41, 5.74) is 2.39. The maximum absolute atomic E-state index is 12.8. The number of amides is 1. The number of benzene rings is 2. The Hall–Kier alpha value is -2.09. The highest BCUT2D eigenvalue weighted by Gasteiger charge is 2.29. The van der Waals surface area contributed by atoms with Crippen molar-refractivity contribution in [2.24, 2.45) is 5.14 Å². The van der Waals surface area contributed by atoms with Gasteiger partial charge in [-0.1, -0.05) is 29.8 Å². The van der Waals surface area contributed by atoms with Gasteiger partial charge in [0.15, 0.2) is 0 Å². The maximum atomic E-state index is 12.8. The molecule has 6 nitrogen and oxygen atoms in total. The van der Waals surface area contributed by atoms with Gasteiger partial charge < -0.3 is 5.32 Å². The van der Waals surface area contributed by atoms with Crippen molar-refractivity contribution in [2.45, 2.75) is 11.8 Å². The smallest absolute Gasteiger partial charge is 0.261 e. The van der Waals surface area contributed by atoms with Crippen molar-refractivity contribution in [3.8, 4) is 0 Å². The van der Waals surface area contributed by atoms with Crippen LogP contribution in [-0.4, -0.2) is 21.0 Å².